The normalized spacial score (nSPS) is 9.61. The molecule has 0 aliphatic rings. The van der Waals surface area contributed by atoms with Gasteiger partial charge in [-0.25, -0.2) is 0 Å². The average molecular weight is 267 g/mol. The fourth-order valence-electron chi connectivity index (χ4n) is 1.22. The maximum atomic E-state index is 11.6. The number of hydrazine groups is 1. The van der Waals surface area contributed by atoms with Crippen LogP contribution in [0.2, 0.25) is 0 Å². The lowest BCUT2D eigenvalue weighted by Gasteiger charge is -2.11. The number of hydrogen-bond donors (Lipinski definition) is 4. The molecule has 0 atom stereocenters. The summed E-state index contributed by atoms with van der Waals surface area (Å²) in [4.78, 5) is 11.6. The molecule has 0 aliphatic carbocycles. The molecule has 4 N–H and O–H groups in total. The van der Waals surface area contributed by atoms with Crippen molar-refractivity contribution in [1.29, 1.82) is 0 Å². The number of carbonyl (C=O) groups is 1. The summed E-state index contributed by atoms with van der Waals surface area (Å²) in [6.45, 7) is 2.86. The summed E-state index contributed by atoms with van der Waals surface area (Å²) < 4.78 is 0. The van der Waals surface area contributed by atoms with Crippen molar-refractivity contribution in [3.8, 4) is 5.75 Å². The Balaban J connectivity index is 2.32. The van der Waals surface area contributed by atoms with Crippen LogP contribution in [0.1, 0.15) is 30.1 Å². The van der Waals surface area contributed by atoms with Crippen LogP contribution in [0.3, 0.4) is 0 Å². The number of aromatic hydroxyl groups is 1. The Labute approximate surface area is 112 Å². The summed E-state index contributed by atoms with van der Waals surface area (Å²) in [5.74, 6) is -0.189. The van der Waals surface area contributed by atoms with Gasteiger partial charge in [0, 0.05) is 12.1 Å². The number of hydrogen-bond acceptors (Lipinski definition) is 3. The van der Waals surface area contributed by atoms with E-state index in [1.807, 2.05) is 0 Å². The molecule has 0 saturated carbocycles. The van der Waals surface area contributed by atoms with Crippen LogP contribution in [-0.4, -0.2) is 22.7 Å². The van der Waals surface area contributed by atoms with E-state index in [0.717, 1.165) is 19.4 Å². The topological polar surface area (TPSA) is 73.4 Å². The molecule has 1 amide bonds. The molecule has 0 unspecified atom stereocenters. The van der Waals surface area contributed by atoms with Crippen LogP contribution in [0, 0.1) is 0 Å². The third-order valence-corrected chi connectivity index (χ3v) is 2.48. The highest BCUT2D eigenvalue weighted by atomic mass is 32.1. The van der Waals surface area contributed by atoms with E-state index in [-0.39, 0.29) is 11.7 Å². The van der Waals surface area contributed by atoms with Crippen molar-refractivity contribution in [3.05, 3.63) is 29.8 Å². The summed E-state index contributed by atoms with van der Waals surface area (Å²) in [5, 5.41) is 12.4. The molecule has 0 bridgehead atoms. The second-order valence-electron chi connectivity index (χ2n) is 3.74. The molecule has 1 aromatic carbocycles. The Morgan fingerprint density at radius 3 is 2.56 bits per heavy atom. The zero-order valence-electron chi connectivity index (χ0n) is 10.2. The van der Waals surface area contributed by atoms with Crippen LogP contribution in [0.4, 0.5) is 0 Å². The van der Waals surface area contributed by atoms with Crippen LogP contribution >= 0.6 is 12.2 Å². The molecule has 1 rings (SSSR count). The van der Waals surface area contributed by atoms with E-state index in [0.29, 0.717) is 10.7 Å². The molecule has 0 aromatic heterocycles. The lowest BCUT2D eigenvalue weighted by Crippen LogP contribution is -2.46. The van der Waals surface area contributed by atoms with Crippen molar-refractivity contribution in [3.63, 3.8) is 0 Å². The van der Waals surface area contributed by atoms with E-state index in [1.165, 1.54) is 24.3 Å². The molecule has 0 heterocycles. The predicted molar refractivity (Wildman–Crippen MR) is 74.2 cm³/mol. The largest absolute Gasteiger partial charge is 0.508 e. The van der Waals surface area contributed by atoms with Gasteiger partial charge in [0.1, 0.15) is 5.75 Å². The first-order valence-corrected chi connectivity index (χ1v) is 6.17. The molecular weight excluding hydrogens is 250 g/mol. The lowest BCUT2D eigenvalue weighted by atomic mass is 10.2. The van der Waals surface area contributed by atoms with Crippen molar-refractivity contribution in [2.75, 3.05) is 6.54 Å². The number of benzene rings is 1. The van der Waals surface area contributed by atoms with Gasteiger partial charge in [0.05, 0.1) is 0 Å². The molecule has 0 saturated heterocycles. The summed E-state index contributed by atoms with van der Waals surface area (Å²) in [6.07, 6.45) is 2.10. The SMILES string of the molecule is CCCCNC(=S)NNC(=O)c1ccc(O)cc1. The van der Waals surface area contributed by atoms with Crippen LogP contribution in [0.5, 0.6) is 5.75 Å². The van der Waals surface area contributed by atoms with Gasteiger partial charge in [0.15, 0.2) is 5.11 Å². The molecule has 6 heteroatoms. The van der Waals surface area contributed by atoms with E-state index in [4.69, 9.17) is 17.3 Å². The van der Waals surface area contributed by atoms with E-state index < -0.39 is 0 Å². The minimum Gasteiger partial charge on any atom is -0.508 e. The molecule has 0 spiro atoms. The highest BCUT2D eigenvalue weighted by molar-refractivity contribution is 7.80. The quantitative estimate of drug-likeness (QED) is 0.376. The lowest BCUT2D eigenvalue weighted by molar-refractivity contribution is 0.0943. The number of thiocarbonyl (C=S) groups is 1. The van der Waals surface area contributed by atoms with Gasteiger partial charge < -0.3 is 10.4 Å². The zero-order chi connectivity index (χ0) is 13.4. The number of carbonyl (C=O) groups excluding carboxylic acids is 1. The van der Waals surface area contributed by atoms with E-state index in [2.05, 4.69) is 23.1 Å². The standard InChI is InChI=1S/C12H17N3O2S/c1-2-3-8-13-12(18)15-14-11(17)9-4-6-10(16)7-5-9/h4-7,16H,2-3,8H2,1H3,(H,14,17)(H2,13,15,18). The smallest absolute Gasteiger partial charge is 0.269 e. The number of unbranched alkanes of at least 4 members (excludes halogenated alkanes) is 1. The Morgan fingerprint density at radius 1 is 1.28 bits per heavy atom. The first-order valence-electron chi connectivity index (χ1n) is 5.76. The molecule has 18 heavy (non-hydrogen) atoms. The van der Waals surface area contributed by atoms with Crippen LogP contribution < -0.4 is 16.2 Å². The zero-order valence-corrected chi connectivity index (χ0v) is 11.0. The third kappa shape index (κ3) is 5.01. The molecule has 0 radical (unpaired) electrons. The van der Waals surface area contributed by atoms with Crippen molar-refractivity contribution < 1.29 is 9.90 Å². The highest BCUT2D eigenvalue weighted by Crippen LogP contribution is 2.08. The van der Waals surface area contributed by atoms with Crippen molar-refractivity contribution in [1.82, 2.24) is 16.2 Å². The number of amides is 1. The van der Waals surface area contributed by atoms with Crippen LogP contribution in [-0.2, 0) is 0 Å². The number of rotatable bonds is 4. The number of phenols is 1. The fraction of sp³-hybridized carbons (Fsp3) is 0.333. The molecule has 0 fully saturated rings. The second-order valence-corrected chi connectivity index (χ2v) is 4.14. The molecule has 0 aliphatic heterocycles. The highest BCUT2D eigenvalue weighted by Gasteiger charge is 2.04. The van der Waals surface area contributed by atoms with E-state index in [9.17, 15) is 4.79 Å². The Kier molecular flexibility index (Phi) is 5.93. The van der Waals surface area contributed by atoms with Gasteiger partial charge in [-0.2, -0.15) is 0 Å². The molecular formula is C12H17N3O2S. The van der Waals surface area contributed by atoms with Gasteiger partial charge in [-0.15, -0.1) is 0 Å². The summed E-state index contributed by atoms with van der Waals surface area (Å²) in [5.41, 5.74) is 5.52. The van der Waals surface area contributed by atoms with Crippen molar-refractivity contribution in [2.45, 2.75) is 19.8 Å². The molecule has 98 valence electrons. The Hall–Kier alpha value is -1.82. The summed E-state index contributed by atoms with van der Waals surface area (Å²) in [7, 11) is 0. The first-order chi connectivity index (χ1) is 8.63. The van der Waals surface area contributed by atoms with Crippen molar-refractivity contribution in [2.24, 2.45) is 0 Å². The minimum absolute atomic E-state index is 0.122. The molecule has 1 aromatic rings. The fourth-order valence-corrected chi connectivity index (χ4v) is 1.37. The average Bonchev–Trinajstić information content (AvgIpc) is 2.37. The first kappa shape index (κ1) is 14.2. The van der Waals surface area contributed by atoms with Gasteiger partial charge in [-0.05, 0) is 42.9 Å². The van der Waals surface area contributed by atoms with Gasteiger partial charge in [0.25, 0.3) is 5.91 Å². The minimum atomic E-state index is -0.311. The van der Waals surface area contributed by atoms with E-state index in [1.54, 1.807) is 0 Å². The molecule has 5 nitrogen and oxygen atoms in total. The van der Waals surface area contributed by atoms with Crippen LogP contribution in [0.25, 0.3) is 0 Å². The summed E-state index contributed by atoms with van der Waals surface area (Å²) >= 11 is 4.98. The van der Waals surface area contributed by atoms with Crippen molar-refractivity contribution >= 4 is 23.2 Å². The van der Waals surface area contributed by atoms with E-state index >= 15 is 0 Å². The number of nitrogens with one attached hydrogen (secondary N) is 3. The number of phenolic OH excluding ortho intramolecular Hbond substituents is 1. The summed E-state index contributed by atoms with van der Waals surface area (Å²) in [6, 6.07) is 5.96. The third-order valence-electron chi connectivity index (χ3n) is 2.23. The van der Waals surface area contributed by atoms with Gasteiger partial charge in [-0.3, -0.25) is 15.6 Å². The van der Waals surface area contributed by atoms with Gasteiger partial charge in [0.2, 0.25) is 0 Å². The Morgan fingerprint density at radius 2 is 1.94 bits per heavy atom. The second kappa shape index (κ2) is 7.50. The van der Waals surface area contributed by atoms with Gasteiger partial charge in [-0.1, -0.05) is 13.3 Å². The van der Waals surface area contributed by atoms with Crippen LogP contribution in [0.15, 0.2) is 24.3 Å². The monoisotopic (exact) mass is 267 g/mol. The Bertz CT molecular complexity index is 406. The maximum Gasteiger partial charge on any atom is 0.269 e. The predicted octanol–water partition coefficient (Wildman–Crippen LogP) is 1.30. The maximum absolute atomic E-state index is 11.6. The van der Waals surface area contributed by atoms with Gasteiger partial charge >= 0.3 is 0 Å².